The molecule has 1 heterocycles. The summed E-state index contributed by atoms with van der Waals surface area (Å²) in [5.74, 6) is -0.461. The Labute approximate surface area is 81.7 Å². The van der Waals surface area contributed by atoms with E-state index in [1.165, 1.54) is 13.2 Å². The molecule has 70 valence electrons. The maximum absolute atomic E-state index is 11.1. The number of aryl methyl sites for hydroxylation is 1. The summed E-state index contributed by atoms with van der Waals surface area (Å²) in [5, 5.41) is 0.507. The molecular formula is C9H10ClNO2. The Kier molecular flexibility index (Phi) is 3.25. The minimum Gasteiger partial charge on any atom is -0.464 e. The van der Waals surface area contributed by atoms with Crippen LogP contribution in [0.4, 0.5) is 0 Å². The van der Waals surface area contributed by atoms with E-state index in [-0.39, 0.29) is 5.69 Å². The lowest BCUT2D eigenvalue weighted by Gasteiger charge is -2.01. The Hall–Kier alpha value is -1.09. The third kappa shape index (κ3) is 2.42. The highest BCUT2D eigenvalue weighted by Gasteiger charge is 2.08. The van der Waals surface area contributed by atoms with Gasteiger partial charge < -0.3 is 4.74 Å². The van der Waals surface area contributed by atoms with Crippen molar-refractivity contribution in [2.75, 3.05) is 7.11 Å². The Balaban J connectivity index is 3.08. The minimum atomic E-state index is -0.461. The lowest BCUT2D eigenvalue weighted by molar-refractivity contribution is 0.0593. The standard InChI is InChI=1S/C9H10ClNO2/c1-3-7-4-6(10)5-8(11-7)9(12)13-2/h4-5H,3H2,1-2H3. The van der Waals surface area contributed by atoms with Crippen LogP contribution in [-0.2, 0) is 11.2 Å². The number of ether oxygens (including phenoxy) is 1. The molecule has 0 unspecified atom stereocenters. The van der Waals surface area contributed by atoms with Crippen molar-refractivity contribution in [3.8, 4) is 0 Å². The van der Waals surface area contributed by atoms with Crippen molar-refractivity contribution in [3.05, 3.63) is 28.5 Å². The topological polar surface area (TPSA) is 39.2 Å². The van der Waals surface area contributed by atoms with Crippen LogP contribution in [0.25, 0.3) is 0 Å². The summed E-state index contributed by atoms with van der Waals surface area (Å²) in [6.07, 6.45) is 0.741. The van der Waals surface area contributed by atoms with Crippen molar-refractivity contribution >= 4 is 17.6 Å². The summed E-state index contributed by atoms with van der Waals surface area (Å²) >= 11 is 5.78. The number of hydrogen-bond acceptors (Lipinski definition) is 3. The fourth-order valence-corrected chi connectivity index (χ4v) is 1.17. The third-order valence-corrected chi connectivity index (χ3v) is 1.82. The van der Waals surface area contributed by atoms with Gasteiger partial charge in [0, 0.05) is 10.7 Å². The Morgan fingerprint density at radius 3 is 2.85 bits per heavy atom. The first-order valence-corrected chi connectivity index (χ1v) is 4.30. The summed E-state index contributed by atoms with van der Waals surface area (Å²) in [7, 11) is 1.32. The van der Waals surface area contributed by atoms with Gasteiger partial charge in [0.1, 0.15) is 5.69 Å². The number of methoxy groups -OCH3 is 1. The summed E-state index contributed by atoms with van der Waals surface area (Å²) in [6.45, 7) is 1.94. The second-order valence-corrected chi connectivity index (χ2v) is 2.94. The fraction of sp³-hybridized carbons (Fsp3) is 0.333. The van der Waals surface area contributed by atoms with Gasteiger partial charge in [-0.15, -0.1) is 0 Å². The van der Waals surface area contributed by atoms with Crippen molar-refractivity contribution in [2.24, 2.45) is 0 Å². The number of aromatic nitrogens is 1. The number of nitrogens with zero attached hydrogens (tertiary/aromatic N) is 1. The molecule has 0 amide bonds. The molecule has 0 fully saturated rings. The zero-order valence-electron chi connectivity index (χ0n) is 7.50. The van der Waals surface area contributed by atoms with Gasteiger partial charge in [-0.3, -0.25) is 0 Å². The van der Waals surface area contributed by atoms with E-state index in [1.54, 1.807) is 6.07 Å². The smallest absolute Gasteiger partial charge is 0.356 e. The maximum atomic E-state index is 11.1. The van der Waals surface area contributed by atoms with Crippen molar-refractivity contribution in [2.45, 2.75) is 13.3 Å². The van der Waals surface area contributed by atoms with Crippen molar-refractivity contribution in [3.63, 3.8) is 0 Å². The van der Waals surface area contributed by atoms with Gasteiger partial charge in [-0.25, -0.2) is 9.78 Å². The number of pyridine rings is 1. The molecule has 0 aliphatic rings. The van der Waals surface area contributed by atoms with Crippen LogP contribution in [0.2, 0.25) is 5.02 Å². The quantitative estimate of drug-likeness (QED) is 0.685. The number of hydrogen-bond donors (Lipinski definition) is 0. The minimum absolute atomic E-state index is 0.256. The number of halogens is 1. The number of carbonyl (C=O) groups is 1. The molecule has 0 aromatic carbocycles. The van der Waals surface area contributed by atoms with E-state index in [1.807, 2.05) is 6.92 Å². The van der Waals surface area contributed by atoms with Crippen molar-refractivity contribution in [1.82, 2.24) is 4.98 Å². The first kappa shape index (κ1) is 9.99. The lowest BCUT2D eigenvalue weighted by Crippen LogP contribution is -2.05. The molecule has 0 spiro atoms. The molecule has 0 aliphatic heterocycles. The van der Waals surface area contributed by atoms with Crippen LogP contribution in [0, 0.1) is 0 Å². The molecule has 0 N–H and O–H groups in total. The normalized spacial score (nSPS) is 9.77. The molecule has 0 aliphatic carbocycles. The summed E-state index contributed by atoms with van der Waals surface area (Å²) in [6, 6.07) is 3.22. The molecule has 0 radical (unpaired) electrons. The summed E-state index contributed by atoms with van der Waals surface area (Å²) < 4.78 is 4.53. The van der Waals surface area contributed by atoms with Gasteiger partial charge >= 0.3 is 5.97 Å². The fourth-order valence-electron chi connectivity index (χ4n) is 0.941. The van der Waals surface area contributed by atoms with E-state index in [0.29, 0.717) is 5.02 Å². The molecule has 0 saturated carbocycles. The van der Waals surface area contributed by atoms with Crippen LogP contribution >= 0.6 is 11.6 Å². The molecule has 1 aromatic heterocycles. The number of carbonyl (C=O) groups excluding carboxylic acids is 1. The van der Waals surface area contributed by atoms with Crippen LogP contribution < -0.4 is 0 Å². The van der Waals surface area contributed by atoms with Crippen LogP contribution in [-0.4, -0.2) is 18.1 Å². The number of rotatable bonds is 2. The molecule has 0 saturated heterocycles. The van der Waals surface area contributed by atoms with Gasteiger partial charge in [0.15, 0.2) is 0 Å². The molecule has 0 atom stereocenters. The largest absolute Gasteiger partial charge is 0.464 e. The van der Waals surface area contributed by atoms with Crippen molar-refractivity contribution in [1.29, 1.82) is 0 Å². The summed E-state index contributed by atoms with van der Waals surface area (Å²) in [5.41, 5.74) is 1.04. The Morgan fingerprint density at radius 1 is 1.62 bits per heavy atom. The number of esters is 1. The highest BCUT2D eigenvalue weighted by Crippen LogP contribution is 2.12. The second-order valence-electron chi connectivity index (χ2n) is 2.51. The molecule has 1 rings (SSSR count). The van der Waals surface area contributed by atoms with Gasteiger partial charge in [0.05, 0.1) is 7.11 Å². The van der Waals surface area contributed by atoms with Crippen LogP contribution in [0.1, 0.15) is 23.1 Å². The predicted octanol–water partition coefficient (Wildman–Crippen LogP) is 2.08. The van der Waals surface area contributed by atoms with Gasteiger partial charge in [-0.05, 0) is 18.6 Å². The van der Waals surface area contributed by atoms with E-state index in [9.17, 15) is 4.79 Å². The Bertz CT molecular complexity index is 325. The maximum Gasteiger partial charge on any atom is 0.356 e. The molecule has 3 nitrogen and oxygen atoms in total. The van der Waals surface area contributed by atoms with E-state index in [0.717, 1.165) is 12.1 Å². The van der Waals surface area contributed by atoms with Crippen LogP contribution in [0.15, 0.2) is 12.1 Å². The Morgan fingerprint density at radius 2 is 2.31 bits per heavy atom. The molecule has 0 bridgehead atoms. The molecular weight excluding hydrogens is 190 g/mol. The van der Waals surface area contributed by atoms with Gasteiger partial charge in [0.25, 0.3) is 0 Å². The first-order chi connectivity index (χ1) is 6.17. The van der Waals surface area contributed by atoms with Gasteiger partial charge in [-0.1, -0.05) is 18.5 Å². The average Bonchev–Trinajstić information content (AvgIpc) is 2.15. The van der Waals surface area contributed by atoms with Gasteiger partial charge in [0.2, 0.25) is 0 Å². The SMILES string of the molecule is CCc1cc(Cl)cc(C(=O)OC)n1. The van der Waals surface area contributed by atoms with E-state index < -0.39 is 5.97 Å². The first-order valence-electron chi connectivity index (χ1n) is 3.92. The lowest BCUT2D eigenvalue weighted by atomic mass is 10.2. The predicted molar refractivity (Wildman–Crippen MR) is 50.0 cm³/mol. The summed E-state index contributed by atoms with van der Waals surface area (Å²) in [4.78, 5) is 15.2. The van der Waals surface area contributed by atoms with Crippen LogP contribution in [0.3, 0.4) is 0 Å². The second kappa shape index (κ2) is 4.23. The molecule has 1 aromatic rings. The highest BCUT2D eigenvalue weighted by atomic mass is 35.5. The molecule has 13 heavy (non-hydrogen) atoms. The monoisotopic (exact) mass is 199 g/mol. The van der Waals surface area contributed by atoms with E-state index in [2.05, 4.69) is 9.72 Å². The van der Waals surface area contributed by atoms with E-state index >= 15 is 0 Å². The highest BCUT2D eigenvalue weighted by molar-refractivity contribution is 6.30. The average molecular weight is 200 g/mol. The van der Waals surface area contributed by atoms with Crippen molar-refractivity contribution < 1.29 is 9.53 Å². The van der Waals surface area contributed by atoms with Gasteiger partial charge in [-0.2, -0.15) is 0 Å². The molecule has 4 heteroatoms. The zero-order chi connectivity index (χ0) is 9.84. The zero-order valence-corrected chi connectivity index (χ0v) is 8.26. The van der Waals surface area contributed by atoms with Crippen LogP contribution in [0.5, 0.6) is 0 Å². The third-order valence-electron chi connectivity index (χ3n) is 1.60. The van der Waals surface area contributed by atoms with E-state index in [4.69, 9.17) is 11.6 Å².